The molecule has 0 heterocycles. The third-order valence-corrected chi connectivity index (χ3v) is 2.05. The van der Waals surface area contributed by atoms with Crippen molar-refractivity contribution in [3.63, 3.8) is 0 Å². The molecule has 0 fully saturated rings. The van der Waals surface area contributed by atoms with Crippen molar-refractivity contribution in [2.24, 2.45) is 0 Å². The summed E-state index contributed by atoms with van der Waals surface area (Å²) in [6.07, 6.45) is 5.48. The molecule has 1 aromatic carbocycles. The molecule has 1 rings (SSSR count). The fraction of sp³-hybridized carbons (Fsp3) is 0.333. The first-order valence-corrected chi connectivity index (χ1v) is 4.71. The summed E-state index contributed by atoms with van der Waals surface area (Å²) in [5, 5.41) is 3.12. The average Bonchev–Trinajstić information content (AvgIpc) is 2.15. The van der Waals surface area contributed by atoms with Gasteiger partial charge in [0, 0.05) is 0 Å². The summed E-state index contributed by atoms with van der Waals surface area (Å²) < 4.78 is 0. The molecule has 1 heteroatoms. The SMILES string of the molecule is CNCCC=Cc1ccccc1C. The summed E-state index contributed by atoms with van der Waals surface area (Å²) in [6, 6.07) is 8.42. The predicted molar refractivity (Wildman–Crippen MR) is 58.8 cm³/mol. The molecule has 0 bridgehead atoms. The predicted octanol–water partition coefficient (Wildman–Crippen LogP) is 2.62. The lowest BCUT2D eigenvalue weighted by atomic mass is 10.1. The Morgan fingerprint density at radius 3 is 2.77 bits per heavy atom. The summed E-state index contributed by atoms with van der Waals surface area (Å²) in [4.78, 5) is 0. The van der Waals surface area contributed by atoms with E-state index in [0.29, 0.717) is 0 Å². The molecular formula is C12H17N. The lowest BCUT2D eigenvalue weighted by Crippen LogP contribution is -2.05. The molecule has 0 amide bonds. The van der Waals surface area contributed by atoms with Crippen molar-refractivity contribution in [2.75, 3.05) is 13.6 Å². The Labute approximate surface area is 80.5 Å². The smallest absolute Gasteiger partial charge is 0.00172 e. The second kappa shape index (κ2) is 5.55. The van der Waals surface area contributed by atoms with E-state index >= 15 is 0 Å². The van der Waals surface area contributed by atoms with Gasteiger partial charge in [0.05, 0.1) is 0 Å². The van der Waals surface area contributed by atoms with Crippen LogP contribution in [0.15, 0.2) is 30.3 Å². The third kappa shape index (κ3) is 3.43. The van der Waals surface area contributed by atoms with Crippen LogP contribution in [0.2, 0.25) is 0 Å². The number of aryl methyl sites for hydroxylation is 1. The number of benzene rings is 1. The zero-order chi connectivity index (χ0) is 9.52. The third-order valence-electron chi connectivity index (χ3n) is 2.05. The van der Waals surface area contributed by atoms with Gasteiger partial charge in [-0.1, -0.05) is 36.4 Å². The van der Waals surface area contributed by atoms with Crippen molar-refractivity contribution in [2.45, 2.75) is 13.3 Å². The van der Waals surface area contributed by atoms with Crippen molar-refractivity contribution in [1.82, 2.24) is 5.32 Å². The maximum Gasteiger partial charge on any atom is -0.00172 e. The molecule has 1 nitrogen and oxygen atoms in total. The lowest BCUT2D eigenvalue weighted by Gasteiger charge is -1.98. The first-order chi connectivity index (χ1) is 6.34. The Morgan fingerprint density at radius 1 is 1.31 bits per heavy atom. The molecule has 0 aromatic heterocycles. The minimum atomic E-state index is 1.04. The molecular weight excluding hydrogens is 158 g/mol. The van der Waals surface area contributed by atoms with Gasteiger partial charge in [-0.15, -0.1) is 0 Å². The number of hydrogen-bond donors (Lipinski definition) is 1. The Kier molecular flexibility index (Phi) is 4.27. The average molecular weight is 175 g/mol. The molecule has 1 N–H and O–H groups in total. The summed E-state index contributed by atoms with van der Waals surface area (Å²) in [5.41, 5.74) is 2.65. The zero-order valence-corrected chi connectivity index (χ0v) is 8.38. The molecule has 0 aliphatic carbocycles. The maximum absolute atomic E-state index is 3.12. The molecule has 1 aromatic rings. The van der Waals surface area contributed by atoms with Crippen LogP contribution < -0.4 is 5.32 Å². The maximum atomic E-state index is 3.12. The van der Waals surface area contributed by atoms with Crippen LogP contribution in [0.3, 0.4) is 0 Å². The molecule has 0 saturated heterocycles. The van der Waals surface area contributed by atoms with Crippen molar-refractivity contribution in [3.8, 4) is 0 Å². The topological polar surface area (TPSA) is 12.0 Å². The van der Waals surface area contributed by atoms with E-state index in [2.05, 4.69) is 48.7 Å². The van der Waals surface area contributed by atoms with E-state index < -0.39 is 0 Å². The van der Waals surface area contributed by atoms with E-state index in [1.807, 2.05) is 7.05 Å². The molecule has 13 heavy (non-hydrogen) atoms. The van der Waals surface area contributed by atoms with Gasteiger partial charge in [-0.25, -0.2) is 0 Å². The van der Waals surface area contributed by atoms with Gasteiger partial charge in [-0.05, 0) is 38.1 Å². The molecule has 0 aliphatic heterocycles. The van der Waals surface area contributed by atoms with Crippen LogP contribution in [0.25, 0.3) is 6.08 Å². The van der Waals surface area contributed by atoms with E-state index in [4.69, 9.17) is 0 Å². The molecule has 0 spiro atoms. The molecule has 0 radical (unpaired) electrons. The summed E-state index contributed by atoms with van der Waals surface area (Å²) in [5.74, 6) is 0. The van der Waals surface area contributed by atoms with Crippen LogP contribution >= 0.6 is 0 Å². The Hall–Kier alpha value is -1.08. The monoisotopic (exact) mass is 175 g/mol. The lowest BCUT2D eigenvalue weighted by molar-refractivity contribution is 0.809. The number of hydrogen-bond acceptors (Lipinski definition) is 1. The van der Waals surface area contributed by atoms with Crippen molar-refractivity contribution >= 4 is 6.08 Å². The first kappa shape index (κ1) is 10.0. The van der Waals surface area contributed by atoms with E-state index in [1.54, 1.807) is 0 Å². The van der Waals surface area contributed by atoms with E-state index in [1.165, 1.54) is 11.1 Å². The van der Waals surface area contributed by atoms with Crippen molar-refractivity contribution in [3.05, 3.63) is 41.5 Å². The van der Waals surface area contributed by atoms with Gasteiger partial charge in [0.2, 0.25) is 0 Å². The Bertz CT molecular complexity index is 276. The van der Waals surface area contributed by atoms with Crippen LogP contribution in [0.4, 0.5) is 0 Å². The normalized spacial score (nSPS) is 10.9. The van der Waals surface area contributed by atoms with Crippen LogP contribution in [0.1, 0.15) is 17.5 Å². The highest BCUT2D eigenvalue weighted by molar-refractivity contribution is 5.53. The Morgan fingerprint density at radius 2 is 2.08 bits per heavy atom. The van der Waals surface area contributed by atoms with Gasteiger partial charge in [0.15, 0.2) is 0 Å². The van der Waals surface area contributed by atoms with Gasteiger partial charge in [-0.3, -0.25) is 0 Å². The van der Waals surface area contributed by atoms with E-state index in [-0.39, 0.29) is 0 Å². The van der Waals surface area contributed by atoms with Crippen molar-refractivity contribution < 1.29 is 0 Å². The fourth-order valence-corrected chi connectivity index (χ4v) is 1.21. The van der Waals surface area contributed by atoms with E-state index in [0.717, 1.165) is 13.0 Å². The highest BCUT2D eigenvalue weighted by atomic mass is 14.8. The van der Waals surface area contributed by atoms with Gasteiger partial charge in [-0.2, -0.15) is 0 Å². The minimum Gasteiger partial charge on any atom is -0.319 e. The summed E-state index contributed by atoms with van der Waals surface area (Å²) >= 11 is 0. The second-order valence-electron chi connectivity index (χ2n) is 3.15. The second-order valence-corrected chi connectivity index (χ2v) is 3.15. The van der Waals surface area contributed by atoms with Gasteiger partial charge in [0.1, 0.15) is 0 Å². The summed E-state index contributed by atoms with van der Waals surface area (Å²) in [6.45, 7) is 3.18. The summed E-state index contributed by atoms with van der Waals surface area (Å²) in [7, 11) is 1.97. The molecule has 0 atom stereocenters. The highest BCUT2D eigenvalue weighted by Crippen LogP contribution is 2.08. The Balaban J connectivity index is 2.53. The van der Waals surface area contributed by atoms with Gasteiger partial charge < -0.3 is 5.32 Å². The van der Waals surface area contributed by atoms with Gasteiger partial charge >= 0.3 is 0 Å². The van der Waals surface area contributed by atoms with Crippen LogP contribution in [-0.4, -0.2) is 13.6 Å². The molecule has 0 saturated carbocycles. The molecule has 0 unspecified atom stereocenters. The van der Waals surface area contributed by atoms with Crippen LogP contribution in [0.5, 0.6) is 0 Å². The van der Waals surface area contributed by atoms with Crippen molar-refractivity contribution in [1.29, 1.82) is 0 Å². The van der Waals surface area contributed by atoms with E-state index in [9.17, 15) is 0 Å². The highest BCUT2D eigenvalue weighted by Gasteiger charge is 1.89. The van der Waals surface area contributed by atoms with Crippen LogP contribution in [-0.2, 0) is 0 Å². The standard InChI is InChI=1S/C12H17N/c1-11-7-3-4-8-12(11)9-5-6-10-13-2/h3-5,7-9,13H,6,10H2,1-2H3. The molecule has 0 aliphatic rings. The quantitative estimate of drug-likeness (QED) is 0.694. The molecule has 70 valence electrons. The first-order valence-electron chi connectivity index (χ1n) is 4.71. The largest absolute Gasteiger partial charge is 0.319 e. The zero-order valence-electron chi connectivity index (χ0n) is 8.38. The van der Waals surface area contributed by atoms with Crippen LogP contribution in [0, 0.1) is 6.92 Å². The van der Waals surface area contributed by atoms with Gasteiger partial charge in [0.25, 0.3) is 0 Å². The minimum absolute atomic E-state index is 1.04. The fourth-order valence-electron chi connectivity index (χ4n) is 1.21. The number of rotatable bonds is 4. The number of nitrogens with one attached hydrogen (secondary N) is 1.